The van der Waals surface area contributed by atoms with Crippen molar-refractivity contribution in [3.8, 4) is 11.5 Å². The zero-order valence-electron chi connectivity index (χ0n) is 9.19. The van der Waals surface area contributed by atoms with Gasteiger partial charge in [-0.05, 0) is 43.7 Å². The molecule has 1 fully saturated rings. The Hall–Kier alpha value is -1.39. The van der Waals surface area contributed by atoms with Crippen LogP contribution in [0.25, 0.3) is 11.5 Å². The molecule has 0 bridgehead atoms. The van der Waals surface area contributed by atoms with Crippen molar-refractivity contribution >= 4 is 11.6 Å². The van der Waals surface area contributed by atoms with Crippen LogP contribution in [0.1, 0.15) is 24.8 Å². The highest BCUT2D eigenvalue weighted by molar-refractivity contribution is 6.30. The van der Waals surface area contributed by atoms with E-state index in [4.69, 9.17) is 16.0 Å². The van der Waals surface area contributed by atoms with E-state index in [-0.39, 0.29) is 6.04 Å². The molecular weight excluding hydrogens is 238 g/mol. The summed E-state index contributed by atoms with van der Waals surface area (Å²) in [6.45, 7) is 1.02. The maximum Gasteiger partial charge on any atom is 0.247 e. The second-order valence-corrected chi connectivity index (χ2v) is 4.54. The van der Waals surface area contributed by atoms with Crippen LogP contribution in [0.4, 0.5) is 0 Å². The number of nitrogens with one attached hydrogen (secondary N) is 1. The highest BCUT2D eigenvalue weighted by Gasteiger charge is 2.22. The molecule has 1 saturated heterocycles. The molecule has 1 atom stereocenters. The Morgan fingerprint density at radius 1 is 1.24 bits per heavy atom. The van der Waals surface area contributed by atoms with Crippen molar-refractivity contribution in [3.63, 3.8) is 0 Å². The number of nitrogens with zero attached hydrogens (tertiary/aromatic N) is 2. The van der Waals surface area contributed by atoms with Gasteiger partial charge in [0, 0.05) is 10.6 Å². The Kier molecular flexibility index (Phi) is 2.82. The van der Waals surface area contributed by atoms with Crippen LogP contribution < -0.4 is 5.32 Å². The van der Waals surface area contributed by atoms with Crippen LogP contribution in [0.3, 0.4) is 0 Å². The van der Waals surface area contributed by atoms with Crippen molar-refractivity contribution in [2.24, 2.45) is 0 Å². The minimum atomic E-state index is 0.212. The molecule has 0 unspecified atom stereocenters. The lowest BCUT2D eigenvalue weighted by molar-refractivity contribution is 0.437. The summed E-state index contributed by atoms with van der Waals surface area (Å²) in [6, 6.07) is 7.59. The van der Waals surface area contributed by atoms with Gasteiger partial charge in [0.2, 0.25) is 11.8 Å². The van der Waals surface area contributed by atoms with Crippen LogP contribution in [-0.2, 0) is 0 Å². The lowest BCUT2D eigenvalue weighted by Gasteiger charge is -2.02. The molecule has 0 spiro atoms. The summed E-state index contributed by atoms with van der Waals surface area (Å²) in [5, 5.41) is 12.2. The molecule has 1 aliphatic heterocycles. The van der Waals surface area contributed by atoms with Crippen molar-refractivity contribution in [3.05, 3.63) is 35.2 Å². The van der Waals surface area contributed by atoms with Crippen LogP contribution in [0.2, 0.25) is 5.02 Å². The second-order valence-electron chi connectivity index (χ2n) is 4.10. The normalized spacial score (nSPS) is 19.7. The summed E-state index contributed by atoms with van der Waals surface area (Å²) in [5.41, 5.74) is 0.895. The van der Waals surface area contributed by atoms with Gasteiger partial charge in [-0.25, -0.2) is 0 Å². The molecule has 0 amide bonds. The third-order valence-corrected chi connectivity index (χ3v) is 3.14. The van der Waals surface area contributed by atoms with E-state index in [2.05, 4.69) is 15.5 Å². The monoisotopic (exact) mass is 249 g/mol. The molecule has 4 nitrogen and oxygen atoms in total. The molecule has 17 heavy (non-hydrogen) atoms. The predicted molar refractivity (Wildman–Crippen MR) is 64.7 cm³/mol. The Balaban J connectivity index is 1.86. The van der Waals surface area contributed by atoms with E-state index in [0.717, 1.165) is 24.9 Å². The van der Waals surface area contributed by atoms with Crippen molar-refractivity contribution < 1.29 is 4.42 Å². The van der Waals surface area contributed by atoms with E-state index >= 15 is 0 Å². The van der Waals surface area contributed by atoms with Gasteiger partial charge in [0.25, 0.3) is 0 Å². The first-order valence-corrected chi connectivity index (χ1v) is 6.03. The van der Waals surface area contributed by atoms with Crippen LogP contribution >= 0.6 is 11.6 Å². The van der Waals surface area contributed by atoms with E-state index in [0.29, 0.717) is 16.8 Å². The van der Waals surface area contributed by atoms with Gasteiger partial charge < -0.3 is 9.73 Å². The summed E-state index contributed by atoms with van der Waals surface area (Å²) in [4.78, 5) is 0. The van der Waals surface area contributed by atoms with Crippen molar-refractivity contribution in [2.75, 3.05) is 6.54 Å². The molecule has 1 aliphatic rings. The molecule has 5 heteroatoms. The van der Waals surface area contributed by atoms with E-state index < -0.39 is 0 Å². The van der Waals surface area contributed by atoms with Crippen LogP contribution in [0.15, 0.2) is 28.7 Å². The fourth-order valence-electron chi connectivity index (χ4n) is 1.98. The first-order chi connectivity index (χ1) is 8.33. The zero-order chi connectivity index (χ0) is 11.7. The molecule has 0 aliphatic carbocycles. The van der Waals surface area contributed by atoms with Gasteiger partial charge >= 0.3 is 0 Å². The topological polar surface area (TPSA) is 51.0 Å². The first-order valence-electron chi connectivity index (χ1n) is 5.65. The highest BCUT2D eigenvalue weighted by Crippen LogP contribution is 2.26. The molecule has 2 heterocycles. The van der Waals surface area contributed by atoms with E-state index in [9.17, 15) is 0 Å². The Bertz CT molecular complexity index is 503. The molecule has 0 saturated carbocycles. The first kappa shape index (κ1) is 10.7. The lowest BCUT2D eigenvalue weighted by Crippen LogP contribution is -2.12. The number of benzene rings is 1. The SMILES string of the molecule is Clc1ccc(-c2nnc([C@@H]3CCCN3)o2)cc1. The molecule has 1 aromatic carbocycles. The minimum absolute atomic E-state index is 0.212. The molecule has 2 aromatic rings. The van der Waals surface area contributed by atoms with Crippen LogP contribution in [0, 0.1) is 0 Å². The molecule has 3 rings (SSSR count). The van der Waals surface area contributed by atoms with E-state index in [1.807, 2.05) is 24.3 Å². The highest BCUT2D eigenvalue weighted by atomic mass is 35.5. The van der Waals surface area contributed by atoms with E-state index in [1.165, 1.54) is 0 Å². The van der Waals surface area contributed by atoms with Gasteiger partial charge in [0.1, 0.15) is 0 Å². The van der Waals surface area contributed by atoms with Gasteiger partial charge in [0.05, 0.1) is 6.04 Å². The third kappa shape index (κ3) is 2.18. The summed E-state index contributed by atoms with van der Waals surface area (Å²) in [5.74, 6) is 1.22. The zero-order valence-corrected chi connectivity index (χ0v) is 9.94. The average molecular weight is 250 g/mol. The number of aromatic nitrogens is 2. The fourth-order valence-corrected chi connectivity index (χ4v) is 2.11. The molecule has 0 radical (unpaired) electrons. The summed E-state index contributed by atoms with van der Waals surface area (Å²) in [7, 11) is 0. The van der Waals surface area contributed by atoms with Gasteiger partial charge in [0.15, 0.2) is 0 Å². The van der Waals surface area contributed by atoms with Gasteiger partial charge in [-0.1, -0.05) is 11.6 Å². The predicted octanol–water partition coefficient (Wildman–Crippen LogP) is 2.81. The van der Waals surface area contributed by atoms with Crippen molar-refractivity contribution in [1.82, 2.24) is 15.5 Å². The number of hydrogen-bond donors (Lipinski definition) is 1. The molecule has 1 N–H and O–H groups in total. The van der Waals surface area contributed by atoms with Gasteiger partial charge in [-0.3, -0.25) is 0 Å². The number of halogens is 1. The average Bonchev–Trinajstić information content (AvgIpc) is 3.00. The number of hydrogen-bond acceptors (Lipinski definition) is 4. The second kappa shape index (κ2) is 4.47. The lowest BCUT2D eigenvalue weighted by atomic mass is 10.2. The quantitative estimate of drug-likeness (QED) is 0.889. The van der Waals surface area contributed by atoms with Crippen molar-refractivity contribution in [2.45, 2.75) is 18.9 Å². The maximum atomic E-state index is 5.83. The van der Waals surface area contributed by atoms with Gasteiger partial charge in [-0.2, -0.15) is 0 Å². The van der Waals surface area contributed by atoms with Crippen LogP contribution in [-0.4, -0.2) is 16.7 Å². The van der Waals surface area contributed by atoms with Crippen LogP contribution in [0.5, 0.6) is 0 Å². The van der Waals surface area contributed by atoms with E-state index in [1.54, 1.807) is 0 Å². The Morgan fingerprint density at radius 3 is 2.76 bits per heavy atom. The maximum absolute atomic E-state index is 5.83. The molecule has 88 valence electrons. The minimum Gasteiger partial charge on any atom is -0.419 e. The number of rotatable bonds is 2. The standard InChI is InChI=1S/C12H12ClN3O/c13-9-5-3-8(4-6-9)11-15-16-12(17-11)10-2-1-7-14-10/h3-6,10,14H,1-2,7H2/t10-/m0/s1. The summed E-state index contributed by atoms with van der Waals surface area (Å²) in [6.07, 6.45) is 2.21. The molecular formula is C12H12ClN3O. The Labute approximate surface area is 104 Å². The third-order valence-electron chi connectivity index (χ3n) is 2.89. The fraction of sp³-hybridized carbons (Fsp3) is 0.333. The molecule has 1 aromatic heterocycles. The van der Waals surface area contributed by atoms with Gasteiger partial charge in [-0.15, -0.1) is 10.2 Å². The summed E-state index contributed by atoms with van der Waals surface area (Å²) >= 11 is 5.83. The summed E-state index contributed by atoms with van der Waals surface area (Å²) < 4.78 is 5.67. The smallest absolute Gasteiger partial charge is 0.247 e. The largest absolute Gasteiger partial charge is 0.419 e. The Morgan fingerprint density at radius 2 is 2.06 bits per heavy atom. The van der Waals surface area contributed by atoms with Crippen molar-refractivity contribution in [1.29, 1.82) is 0 Å².